The number of amides is 1. The molecule has 0 aromatic carbocycles. The molecule has 0 fully saturated rings. The number of hydrogen-bond acceptors (Lipinski definition) is 1. The molecule has 192 valence electrons. The molecule has 0 aliphatic carbocycles. The van der Waals surface area contributed by atoms with E-state index in [0.717, 1.165) is 31.6 Å². The summed E-state index contributed by atoms with van der Waals surface area (Å²) in [5.41, 5.74) is 0. The molecule has 0 saturated heterocycles. The van der Waals surface area contributed by atoms with Gasteiger partial charge in [0.15, 0.2) is 8.24 Å². The van der Waals surface area contributed by atoms with E-state index in [1.165, 1.54) is 0 Å². The molecule has 0 heterocycles. The Hall–Kier alpha value is -1.36. The molecule has 0 atom stereocenters. The molecular formula is C14H16F15NOSi. The molecule has 0 unspecified atom stereocenters. The summed E-state index contributed by atoms with van der Waals surface area (Å²) >= 11 is 0. The van der Waals surface area contributed by atoms with Crippen molar-refractivity contribution in [2.75, 3.05) is 7.05 Å². The van der Waals surface area contributed by atoms with Gasteiger partial charge in [0.2, 0.25) is 5.91 Å². The summed E-state index contributed by atoms with van der Waals surface area (Å²) < 4.78 is 198. The van der Waals surface area contributed by atoms with Crippen LogP contribution in [-0.2, 0) is 4.79 Å². The summed E-state index contributed by atoms with van der Waals surface area (Å²) in [4.78, 5) is 11.2. The number of carbonyl (C=O) groups is 1. The van der Waals surface area contributed by atoms with E-state index in [0.29, 0.717) is 0 Å². The van der Waals surface area contributed by atoms with E-state index in [1.807, 2.05) is 0 Å². The van der Waals surface area contributed by atoms with Crippen molar-refractivity contribution in [3.8, 4) is 0 Å². The van der Waals surface area contributed by atoms with Crippen molar-refractivity contribution >= 4 is 14.1 Å². The number of rotatable bonds is 9. The van der Waals surface area contributed by atoms with Gasteiger partial charge in [-0.2, -0.15) is 65.9 Å². The Balaban J connectivity index is 6.29. The molecule has 0 spiro atoms. The van der Waals surface area contributed by atoms with Gasteiger partial charge in [0.1, 0.15) is 0 Å². The molecule has 0 rings (SSSR count). The lowest BCUT2D eigenvalue weighted by atomic mass is 9.90. The van der Waals surface area contributed by atoms with Crippen LogP contribution in [0.2, 0.25) is 19.1 Å². The van der Waals surface area contributed by atoms with Gasteiger partial charge in [-0.15, -0.1) is 0 Å². The number of hydrogen-bond donors (Lipinski definition) is 0. The molecule has 1 amide bonds. The fraction of sp³-hybridized carbons (Fsp3) is 0.929. The van der Waals surface area contributed by atoms with Gasteiger partial charge < -0.3 is 4.57 Å². The molecule has 0 saturated carbocycles. The maximum Gasteiger partial charge on any atom is 0.460 e. The summed E-state index contributed by atoms with van der Waals surface area (Å²) in [6, 6.07) is -1.19. The average molecular weight is 527 g/mol. The predicted molar refractivity (Wildman–Crippen MR) is 81.1 cm³/mol. The van der Waals surface area contributed by atoms with Crippen LogP contribution >= 0.6 is 0 Å². The highest BCUT2D eigenvalue weighted by molar-refractivity contribution is 6.76. The van der Waals surface area contributed by atoms with Crippen molar-refractivity contribution in [2.45, 2.75) is 74.2 Å². The number of nitrogens with zero attached hydrogens (tertiary/aromatic N) is 1. The Morgan fingerprint density at radius 2 is 0.969 bits per heavy atom. The number of halogens is 15. The smallest absolute Gasteiger partial charge is 0.373 e. The van der Waals surface area contributed by atoms with Gasteiger partial charge in [0.05, 0.1) is 0 Å². The fourth-order valence-corrected chi connectivity index (χ4v) is 4.33. The summed E-state index contributed by atoms with van der Waals surface area (Å²) in [6.45, 7) is 3.06. The maximum atomic E-state index is 13.8. The van der Waals surface area contributed by atoms with Crippen LogP contribution in [0.15, 0.2) is 0 Å². The minimum absolute atomic E-state index is 0.784. The standard InChI is InChI=1S/C14H16F15NOSi/c1-7(31)30(2)32(3,4)6-5-8(15,16)9(17,18)10(19,20)11(21,22)12(23,24)13(25,26)14(27,28)29/h5-6H2,1-4H3. The second-order valence-electron chi connectivity index (χ2n) is 7.46. The Labute approximate surface area is 171 Å². The Morgan fingerprint density at radius 3 is 1.28 bits per heavy atom. The average Bonchev–Trinajstić information content (AvgIpc) is 2.57. The van der Waals surface area contributed by atoms with E-state index in [2.05, 4.69) is 0 Å². The van der Waals surface area contributed by atoms with E-state index >= 15 is 0 Å². The minimum Gasteiger partial charge on any atom is -0.373 e. The minimum atomic E-state index is -8.28. The zero-order valence-corrected chi connectivity index (χ0v) is 17.4. The summed E-state index contributed by atoms with van der Waals surface area (Å²) in [7, 11) is -2.43. The molecule has 0 bridgehead atoms. The van der Waals surface area contributed by atoms with Crippen LogP contribution in [0.3, 0.4) is 0 Å². The van der Waals surface area contributed by atoms with E-state index in [-0.39, 0.29) is 0 Å². The van der Waals surface area contributed by atoms with Crippen LogP contribution in [0.1, 0.15) is 13.3 Å². The van der Waals surface area contributed by atoms with Crippen molar-refractivity contribution in [2.24, 2.45) is 0 Å². The van der Waals surface area contributed by atoms with Gasteiger partial charge in [-0.25, -0.2) is 0 Å². The molecule has 0 radical (unpaired) electrons. The molecule has 0 aliphatic rings. The lowest BCUT2D eigenvalue weighted by molar-refractivity contribution is -0.452. The Kier molecular flexibility index (Phi) is 7.79. The summed E-state index contributed by atoms with van der Waals surface area (Å²) in [5, 5.41) is 0. The van der Waals surface area contributed by atoms with Crippen LogP contribution in [0.4, 0.5) is 65.9 Å². The highest BCUT2D eigenvalue weighted by Crippen LogP contribution is 2.62. The Bertz CT molecular complexity index is 701. The van der Waals surface area contributed by atoms with Gasteiger partial charge >= 0.3 is 41.7 Å². The summed E-state index contributed by atoms with van der Waals surface area (Å²) in [5.74, 6) is -47.2. The third-order valence-corrected chi connectivity index (χ3v) is 8.43. The van der Waals surface area contributed by atoms with Crippen molar-refractivity contribution in [3.63, 3.8) is 0 Å². The van der Waals surface area contributed by atoms with Crippen molar-refractivity contribution in [1.82, 2.24) is 4.57 Å². The number of alkyl halides is 15. The largest absolute Gasteiger partial charge is 0.460 e. The lowest BCUT2D eigenvalue weighted by Crippen LogP contribution is -2.72. The van der Waals surface area contributed by atoms with Gasteiger partial charge in [-0.3, -0.25) is 4.79 Å². The fourth-order valence-electron chi connectivity index (χ4n) is 2.21. The van der Waals surface area contributed by atoms with Crippen LogP contribution < -0.4 is 0 Å². The quantitative estimate of drug-likeness (QED) is 0.250. The van der Waals surface area contributed by atoms with E-state index < -0.39 is 68.3 Å². The van der Waals surface area contributed by atoms with Gasteiger partial charge in [-0.1, -0.05) is 13.1 Å². The monoisotopic (exact) mass is 527 g/mol. The summed E-state index contributed by atoms with van der Waals surface area (Å²) in [6.07, 6.45) is -10.0. The van der Waals surface area contributed by atoms with E-state index in [1.54, 1.807) is 0 Å². The topological polar surface area (TPSA) is 20.3 Å². The number of carbonyl (C=O) groups excluding carboxylic acids is 1. The van der Waals surface area contributed by atoms with E-state index in [4.69, 9.17) is 0 Å². The third kappa shape index (κ3) is 4.51. The molecular weight excluding hydrogens is 511 g/mol. The van der Waals surface area contributed by atoms with E-state index in [9.17, 15) is 70.7 Å². The first-order valence-electron chi connectivity index (χ1n) is 8.14. The van der Waals surface area contributed by atoms with Gasteiger partial charge in [0.25, 0.3) is 0 Å². The zero-order valence-electron chi connectivity index (χ0n) is 16.4. The zero-order chi connectivity index (χ0) is 26.6. The van der Waals surface area contributed by atoms with Crippen LogP contribution in [0.25, 0.3) is 0 Å². The molecule has 0 N–H and O–H groups in total. The SMILES string of the molecule is CC(=O)N(C)[Si](C)(C)CCC(F)(F)C(F)(F)C(F)(F)C(F)(F)C(F)(F)C(F)(F)C(F)(F)F. The highest BCUT2D eigenvalue weighted by Gasteiger charge is 2.93. The Morgan fingerprint density at radius 1 is 0.656 bits per heavy atom. The molecule has 0 aliphatic heterocycles. The second-order valence-corrected chi connectivity index (χ2v) is 12.3. The van der Waals surface area contributed by atoms with Crippen molar-refractivity contribution < 1.29 is 70.7 Å². The molecule has 2 nitrogen and oxygen atoms in total. The third-order valence-electron chi connectivity index (χ3n) is 4.82. The van der Waals surface area contributed by atoms with Crippen molar-refractivity contribution in [3.05, 3.63) is 0 Å². The normalized spacial score (nSPS) is 15.7. The molecule has 0 aromatic rings. The highest BCUT2D eigenvalue weighted by atomic mass is 28.3. The van der Waals surface area contributed by atoms with Crippen LogP contribution in [0.5, 0.6) is 0 Å². The maximum absolute atomic E-state index is 13.8. The lowest BCUT2D eigenvalue weighted by Gasteiger charge is -2.42. The second kappa shape index (κ2) is 8.14. The molecule has 18 heteroatoms. The first kappa shape index (κ1) is 30.6. The van der Waals surface area contributed by atoms with Crippen LogP contribution in [-0.4, -0.2) is 67.5 Å². The predicted octanol–water partition coefficient (Wildman–Crippen LogP) is 6.43. The van der Waals surface area contributed by atoms with Gasteiger partial charge in [0, 0.05) is 20.4 Å². The first-order chi connectivity index (χ1) is 13.6. The van der Waals surface area contributed by atoms with Gasteiger partial charge in [-0.05, 0) is 6.04 Å². The molecule has 0 aromatic heterocycles. The van der Waals surface area contributed by atoms with Crippen LogP contribution in [0, 0.1) is 0 Å². The first-order valence-corrected chi connectivity index (χ1v) is 11.3. The van der Waals surface area contributed by atoms with Crippen molar-refractivity contribution in [1.29, 1.82) is 0 Å². The molecule has 32 heavy (non-hydrogen) atoms.